The summed E-state index contributed by atoms with van der Waals surface area (Å²) in [5.74, 6) is 0.870. The van der Waals surface area contributed by atoms with E-state index in [1.807, 2.05) is 0 Å². The normalized spacial score (nSPS) is 32.4. The molecule has 3 atom stereocenters. The highest BCUT2D eigenvalue weighted by molar-refractivity contribution is 5.66. The van der Waals surface area contributed by atoms with E-state index in [4.69, 9.17) is 4.74 Å². The fourth-order valence-corrected chi connectivity index (χ4v) is 2.11. The van der Waals surface area contributed by atoms with E-state index in [0.717, 1.165) is 12.8 Å². The zero-order chi connectivity index (χ0) is 10.7. The Morgan fingerprint density at radius 2 is 2.00 bits per heavy atom. The van der Waals surface area contributed by atoms with Crippen LogP contribution in [0, 0.1) is 11.8 Å². The first-order valence-corrected chi connectivity index (χ1v) is 5.33. The van der Waals surface area contributed by atoms with E-state index in [1.54, 1.807) is 0 Å². The molecule has 14 heavy (non-hydrogen) atoms. The first kappa shape index (κ1) is 11.3. The quantitative estimate of drug-likeness (QED) is 0.501. The predicted octanol–water partition coefficient (Wildman–Crippen LogP) is 2.93. The van der Waals surface area contributed by atoms with Gasteiger partial charge in [-0.1, -0.05) is 19.1 Å². The molecule has 0 heterocycles. The summed E-state index contributed by atoms with van der Waals surface area (Å²) < 4.78 is 5.30. The van der Waals surface area contributed by atoms with Crippen molar-refractivity contribution in [1.82, 2.24) is 0 Å². The Morgan fingerprint density at radius 1 is 1.36 bits per heavy atom. The number of hydrogen-bond acceptors (Lipinski definition) is 2. The second-order valence-corrected chi connectivity index (χ2v) is 4.48. The third-order valence-corrected chi connectivity index (χ3v) is 3.14. The Bertz CT molecular complexity index is 232. The maximum Gasteiger partial charge on any atom is 0.302 e. The van der Waals surface area contributed by atoms with Crippen molar-refractivity contribution in [2.75, 3.05) is 0 Å². The first-order chi connectivity index (χ1) is 6.50. The van der Waals surface area contributed by atoms with Gasteiger partial charge in [-0.2, -0.15) is 0 Å². The van der Waals surface area contributed by atoms with Crippen LogP contribution in [0.15, 0.2) is 12.2 Å². The van der Waals surface area contributed by atoms with Crippen LogP contribution in [0.2, 0.25) is 0 Å². The summed E-state index contributed by atoms with van der Waals surface area (Å²) in [5.41, 5.74) is 1.22. The maximum atomic E-state index is 10.9. The summed E-state index contributed by atoms with van der Waals surface area (Å²) in [4.78, 5) is 10.9. The fraction of sp³-hybridized carbons (Fsp3) is 0.750. The van der Waals surface area contributed by atoms with Crippen molar-refractivity contribution >= 4 is 5.97 Å². The monoisotopic (exact) mass is 196 g/mol. The average molecular weight is 196 g/mol. The number of hydrogen-bond donors (Lipinski definition) is 0. The molecular formula is C12H20O2. The summed E-state index contributed by atoms with van der Waals surface area (Å²) in [5, 5.41) is 0. The van der Waals surface area contributed by atoms with E-state index in [9.17, 15) is 4.79 Å². The Morgan fingerprint density at radius 3 is 2.50 bits per heavy atom. The number of allylic oxidation sites excluding steroid dienone is 1. The second kappa shape index (κ2) is 4.63. The summed E-state index contributed by atoms with van der Waals surface area (Å²) in [7, 11) is 0. The largest absolute Gasteiger partial charge is 0.462 e. The third kappa shape index (κ3) is 2.86. The van der Waals surface area contributed by atoms with Gasteiger partial charge in [0.15, 0.2) is 0 Å². The molecule has 0 radical (unpaired) electrons. The van der Waals surface area contributed by atoms with Crippen LogP contribution < -0.4 is 0 Å². The summed E-state index contributed by atoms with van der Waals surface area (Å²) in [6.45, 7) is 9.68. The average Bonchev–Trinajstić information content (AvgIpc) is 2.07. The lowest BCUT2D eigenvalue weighted by molar-refractivity contribution is -0.151. The van der Waals surface area contributed by atoms with Gasteiger partial charge >= 0.3 is 5.97 Å². The van der Waals surface area contributed by atoms with E-state index < -0.39 is 0 Å². The van der Waals surface area contributed by atoms with Crippen molar-refractivity contribution in [2.24, 2.45) is 11.8 Å². The lowest BCUT2D eigenvalue weighted by Crippen LogP contribution is -2.31. The van der Waals surface area contributed by atoms with Gasteiger partial charge in [-0.05, 0) is 38.0 Å². The minimum Gasteiger partial charge on any atom is -0.462 e. The Balaban J connectivity index is 2.55. The highest BCUT2D eigenvalue weighted by atomic mass is 16.5. The van der Waals surface area contributed by atoms with Crippen LogP contribution in [-0.4, -0.2) is 12.1 Å². The summed E-state index contributed by atoms with van der Waals surface area (Å²) in [6, 6.07) is 0. The van der Waals surface area contributed by atoms with E-state index >= 15 is 0 Å². The van der Waals surface area contributed by atoms with Gasteiger partial charge in [-0.3, -0.25) is 4.79 Å². The van der Waals surface area contributed by atoms with Gasteiger partial charge in [0.1, 0.15) is 6.10 Å². The molecule has 1 aliphatic carbocycles. The molecule has 0 aromatic carbocycles. The molecule has 0 bridgehead atoms. The fourth-order valence-electron chi connectivity index (χ4n) is 2.11. The SMILES string of the molecule is C=C(C)[C@H]1CC[C@@H](C)[C@@H](OC(C)=O)C1. The molecule has 0 amide bonds. The minimum absolute atomic E-state index is 0.1000. The zero-order valence-corrected chi connectivity index (χ0v) is 9.38. The van der Waals surface area contributed by atoms with Crippen LogP contribution in [0.5, 0.6) is 0 Å². The molecule has 0 aliphatic heterocycles. The number of ether oxygens (including phenoxy) is 1. The van der Waals surface area contributed by atoms with Crippen molar-refractivity contribution in [3.8, 4) is 0 Å². The zero-order valence-electron chi connectivity index (χ0n) is 9.38. The van der Waals surface area contributed by atoms with Crippen LogP contribution in [0.3, 0.4) is 0 Å². The van der Waals surface area contributed by atoms with Gasteiger partial charge < -0.3 is 4.74 Å². The van der Waals surface area contributed by atoms with Crippen molar-refractivity contribution < 1.29 is 9.53 Å². The van der Waals surface area contributed by atoms with Crippen LogP contribution in [0.25, 0.3) is 0 Å². The highest BCUT2D eigenvalue weighted by Gasteiger charge is 2.29. The third-order valence-electron chi connectivity index (χ3n) is 3.14. The van der Waals surface area contributed by atoms with Gasteiger partial charge in [0.25, 0.3) is 0 Å². The van der Waals surface area contributed by atoms with E-state index in [0.29, 0.717) is 11.8 Å². The lowest BCUT2D eigenvalue weighted by Gasteiger charge is -2.33. The van der Waals surface area contributed by atoms with Crippen molar-refractivity contribution in [3.63, 3.8) is 0 Å². The van der Waals surface area contributed by atoms with E-state index in [2.05, 4.69) is 20.4 Å². The summed E-state index contributed by atoms with van der Waals surface area (Å²) >= 11 is 0. The second-order valence-electron chi connectivity index (χ2n) is 4.48. The molecule has 1 rings (SSSR count). The molecule has 0 aromatic heterocycles. The van der Waals surface area contributed by atoms with Crippen molar-refractivity contribution in [3.05, 3.63) is 12.2 Å². The number of carbonyl (C=O) groups excluding carboxylic acids is 1. The first-order valence-electron chi connectivity index (χ1n) is 5.33. The van der Waals surface area contributed by atoms with Crippen LogP contribution in [0.1, 0.15) is 40.0 Å². The molecule has 1 aliphatic rings. The van der Waals surface area contributed by atoms with Crippen LogP contribution >= 0.6 is 0 Å². The molecule has 1 fully saturated rings. The number of esters is 1. The highest BCUT2D eigenvalue weighted by Crippen LogP contribution is 2.34. The molecule has 2 nitrogen and oxygen atoms in total. The van der Waals surface area contributed by atoms with E-state index in [-0.39, 0.29) is 12.1 Å². The molecule has 1 saturated carbocycles. The Labute approximate surface area is 86.3 Å². The Kier molecular flexibility index (Phi) is 3.73. The van der Waals surface area contributed by atoms with Crippen LogP contribution in [-0.2, 0) is 9.53 Å². The molecule has 2 heteroatoms. The van der Waals surface area contributed by atoms with Gasteiger partial charge in [-0.25, -0.2) is 0 Å². The predicted molar refractivity (Wildman–Crippen MR) is 56.9 cm³/mol. The summed E-state index contributed by atoms with van der Waals surface area (Å²) in [6.07, 6.45) is 3.38. The molecular weight excluding hydrogens is 176 g/mol. The maximum absolute atomic E-state index is 10.9. The van der Waals surface area contributed by atoms with Crippen molar-refractivity contribution in [2.45, 2.75) is 46.1 Å². The minimum atomic E-state index is -0.163. The molecule has 0 N–H and O–H groups in total. The molecule has 80 valence electrons. The molecule has 0 aromatic rings. The van der Waals surface area contributed by atoms with Crippen molar-refractivity contribution in [1.29, 1.82) is 0 Å². The van der Waals surface area contributed by atoms with Crippen LogP contribution in [0.4, 0.5) is 0 Å². The standard InChI is InChI=1S/C12H20O2/c1-8(2)11-6-5-9(3)12(7-11)14-10(4)13/h9,11-12H,1,5-7H2,2-4H3/t9-,11+,12+/m1/s1. The van der Waals surface area contributed by atoms with Gasteiger partial charge in [-0.15, -0.1) is 0 Å². The molecule has 0 spiro atoms. The van der Waals surface area contributed by atoms with Gasteiger partial charge in [0.2, 0.25) is 0 Å². The smallest absolute Gasteiger partial charge is 0.302 e. The van der Waals surface area contributed by atoms with Gasteiger partial charge in [0, 0.05) is 6.92 Å². The van der Waals surface area contributed by atoms with E-state index in [1.165, 1.54) is 18.9 Å². The van der Waals surface area contributed by atoms with Gasteiger partial charge in [0.05, 0.1) is 0 Å². The number of rotatable bonds is 2. The lowest BCUT2D eigenvalue weighted by atomic mass is 9.78. The molecule has 0 unspecified atom stereocenters. The Hall–Kier alpha value is -0.790. The number of carbonyl (C=O) groups is 1. The topological polar surface area (TPSA) is 26.3 Å². The molecule has 0 saturated heterocycles.